The van der Waals surface area contributed by atoms with Crippen molar-refractivity contribution in [3.05, 3.63) is 58.9 Å². The lowest BCUT2D eigenvalue weighted by Gasteiger charge is -2.28. The summed E-state index contributed by atoms with van der Waals surface area (Å²) in [6.45, 7) is 4.95. The highest BCUT2D eigenvalue weighted by atomic mass is 19.2. The number of carbonyl (C=O) groups excluding carboxylic acids is 1. The lowest BCUT2D eigenvalue weighted by Crippen LogP contribution is -2.26. The molecule has 0 aliphatic heterocycles. The van der Waals surface area contributed by atoms with Gasteiger partial charge in [-0.05, 0) is 86.0 Å². The number of esters is 1. The van der Waals surface area contributed by atoms with E-state index >= 15 is 0 Å². The molecule has 0 saturated heterocycles. The molecule has 6 heteroatoms. The fourth-order valence-electron chi connectivity index (χ4n) is 6.17. The molecule has 2 aromatic rings. The molecule has 2 aliphatic carbocycles. The Morgan fingerprint density at radius 2 is 1.44 bits per heavy atom. The molecule has 0 radical (unpaired) electrons. The van der Waals surface area contributed by atoms with Gasteiger partial charge in [-0.25, -0.2) is 8.78 Å². The quantitative estimate of drug-likeness (QED) is 0.160. The highest BCUT2D eigenvalue weighted by Crippen LogP contribution is 2.40. The summed E-state index contributed by atoms with van der Waals surface area (Å²) >= 11 is 0. The molecule has 3 nitrogen and oxygen atoms in total. The van der Waals surface area contributed by atoms with Crippen LogP contribution >= 0.6 is 0 Å². The molecule has 2 fully saturated rings. The number of unbranched alkanes of at least 4 members (excludes halogenated alkanes) is 4. The average molecular weight is 545 g/mol. The van der Waals surface area contributed by atoms with Gasteiger partial charge in [0.25, 0.3) is 0 Å². The van der Waals surface area contributed by atoms with E-state index in [4.69, 9.17) is 9.47 Å². The Balaban J connectivity index is 1.27. The first kappa shape index (κ1) is 29.5. The van der Waals surface area contributed by atoms with Crippen LogP contribution in [0.5, 0.6) is 11.5 Å². The predicted molar refractivity (Wildman–Crippen MR) is 148 cm³/mol. The van der Waals surface area contributed by atoms with Crippen LogP contribution in [0.2, 0.25) is 0 Å². The van der Waals surface area contributed by atoms with E-state index in [9.17, 15) is 18.0 Å². The molecule has 39 heavy (non-hydrogen) atoms. The summed E-state index contributed by atoms with van der Waals surface area (Å²) in [4.78, 5) is 12.8. The van der Waals surface area contributed by atoms with Gasteiger partial charge in [0.15, 0.2) is 11.6 Å². The van der Waals surface area contributed by atoms with Crippen molar-refractivity contribution in [1.82, 2.24) is 0 Å². The van der Waals surface area contributed by atoms with E-state index in [1.165, 1.54) is 31.4 Å². The third kappa shape index (κ3) is 7.79. The number of ether oxygens (including phenoxy) is 2. The van der Waals surface area contributed by atoms with E-state index < -0.39 is 23.5 Å². The predicted octanol–water partition coefficient (Wildman–Crippen LogP) is 9.63. The lowest BCUT2D eigenvalue weighted by atomic mass is 9.78. The Morgan fingerprint density at radius 1 is 0.795 bits per heavy atom. The Hall–Kier alpha value is -2.50. The highest BCUT2D eigenvalue weighted by molar-refractivity contribution is 5.75. The number of hydrogen-bond donors (Lipinski definition) is 0. The van der Waals surface area contributed by atoms with Crippen LogP contribution in [0.4, 0.5) is 13.2 Å². The maximum atomic E-state index is 14.9. The zero-order valence-electron chi connectivity index (χ0n) is 23.5. The van der Waals surface area contributed by atoms with Crippen molar-refractivity contribution < 1.29 is 27.4 Å². The fourth-order valence-corrected chi connectivity index (χ4v) is 6.17. The first-order valence-electron chi connectivity index (χ1n) is 15.0. The standard InChI is InChI=1S/C33H43F3O3/c1-3-4-5-6-7-20-38-26-16-17-27(29(34)21-26)23-12-14-25(15-13-23)33(37)39-30-19-18-28(31(35)32(30)36)24-10-8-22(2)9-11-24/h16-19,21-25H,3-15,20H2,1-2H3. The molecule has 0 aromatic heterocycles. The Kier molecular flexibility index (Phi) is 10.8. The first-order chi connectivity index (χ1) is 18.9. The van der Waals surface area contributed by atoms with Gasteiger partial charge in [0, 0.05) is 6.07 Å². The SMILES string of the molecule is CCCCCCCOc1ccc(C2CCC(C(=O)Oc3ccc(C4CCC(C)CC4)c(F)c3F)CC2)c(F)c1. The maximum absolute atomic E-state index is 14.9. The summed E-state index contributed by atoms with van der Waals surface area (Å²) in [5, 5.41) is 0. The molecule has 0 spiro atoms. The van der Waals surface area contributed by atoms with E-state index in [-0.39, 0.29) is 23.4 Å². The highest BCUT2D eigenvalue weighted by Gasteiger charge is 2.31. The maximum Gasteiger partial charge on any atom is 0.314 e. The Morgan fingerprint density at radius 3 is 2.13 bits per heavy atom. The smallest absolute Gasteiger partial charge is 0.314 e. The number of hydrogen-bond acceptors (Lipinski definition) is 3. The largest absolute Gasteiger partial charge is 0.493 e. The number of carbonyl (C=O) groups is 1. The van der Waals surface area contributed by atoms with Crippen LogP contribution in [0.25, 0.3) is 0 Å². The molecule has 214 valence electrons. The van der Waals surface area contributed by atoms with Crippen LogP contribution in [0.15, 0.2) is 30.3 Å². The lowest BCUT2D eigenvalue weighted by molar-refractivity contribution is -0.140. The summed E-state index contributed by atoms with van der Waals surface area (Å²) in [5.74, 6) is -2.41. The Labute approximate surface area is 231 Å². The Bertz CT molecular complexity index is 1090. The van der Waals surface area contributed by atoms with Crippen LogP contribution in [0.3, 0.4) is 0 Å². The molecule has 2 aromatic carbocycles. The van der Waals surface area contributed by atoms with Gasteiger partial charge in [-0.1, -0.05) is 64.5 Å². The fraction of sp³-hybridized carbons (Fsp3) is 0.606. The van der Waals surface area contributed by atoms with E-state index in [1.54, 1.807) is 12.1 Å². The van der Waals surface area contributed by atoms with Crippen molar-refractivity contribution in [1.29, 1.82) is 0 Å². The van der Waals surface area contributed by atoms with Crippen LogP contribution in [-0.4, -0.2) is 12.6 Å². The van der Waals surface area contributed by atoms with Gasteiger partial charge in [0.05, 0.1) is 12.5 Å². The van der Waals surface area contributed by atoms with Gasteiger partial charge < -0.3 is 9.47 Å². The van der Waals surface area contributed by atoms with Crippen molar-refractivity contribution >= 4 is 5.97 Å². The van der Waals surface area contributed by atoms with Crippen LogP contribution in [0.1, 0.15) is 120 Å². The molecule has 0 heterocycles. The minimum Gasteiger partial charge on any atom is -0.493 e. The number of halogens is 3. The topological polar surface area (TPSA) is 35.5 Å². The summed E-state index contributed by atoms with van der Waals surface area (Å²) in [6.07, 6.45) is 11.7. The first-order valence-corrected chi connectivity index (χ1v) is 15.0. The molecule has 0 bridgehead atoms. The van der Waals surface area contributed by atoms with E-state index in [0.29, 0.717) is 55.1 Å². The average Bonchev–Trinajstić information content (AvgIpc) is 2.94. The molecule has 0 unspecified atom stereocenters. The minimum atomic E-state index is -1.08. The third-order valence-corrected chi connectivity index (χ3v) is 8.73. The molecule has 0 amide bonds. The summed E-state index contributed by atoms with van der Waals surface area (Å²) in [6, 6.07) is 8.02. The normalized spacial score (nSPS) is 23.4. The zero-order chi connectivity index (χ0) is 27.8. The van der Waals surface area contributed by atoms with Crippen molar-refractivity contribution in [2.24, 2.45) is 11.8 Å². The second-order valence-electron chi connectivity index (χ2n) is 11.7. The monoisotopic (exact) mass is 544 g/mol. The van der Waals surface area contributed by atoms with E-state index in [2.05, 4.69) is 13.8 Å². The second kappa shape index (κ2) is 14.2. The minimum absolute atomic E-state index is 0.00354. The molecular weight excluding hydrogens is 501 g/mol. The third-order valence-electron chi connectivity index (χ3n) is 8.73. The summed E-state index contributed by atoms with van der Waals surface area (Å²) < 4.78 is 55.6. The molecular formula is C33H43F3O3. The number of rotatable bonds is 11. The molecule has 0 atom stereocenters. The van der Waals surface area contributed by atoms with Crippen LogP contribution in [0, 0.1) is 29.3 Å². The van der Waals surface area contributed by atoms with Gasteiger partial charge in [-0.15, -0.1) is 0 Å². The van der Waals surface area contributed by atoms with Gasteiger partial charge in [0.2, 0.25) is 5.82 Å². The molecule has 2 saturated carbocycles. The zero-order valence-corrected chi connectivity index (χ0v) is 23.5. The van der Waals surface area contributed by atoms with E-state index in [0.717, 1.165) is 38.5 Å². The van der Waals surface area contributed by atoms with Crippen molar-refractivity contribution in [3.8, 4) is 11.5 Å². The van der Waals surface area contributed by atoms with Crippen LogP contribution in [-0.2, 0) is 4.79 Å². The molecule has 4 rings (SSSR count). The van der Waals surface area contributed by atoms with Crippen molar-refractivity contribution in [2.75, 3.05) is 6.61 Å². The molecule has 2 aliphatic rings. The number of benzene rings is 2. The second-order valence-corrected chi connectivity index (χ2v) is 11.7. The summed E-state index contributed by atoms with van der Waals surface area (Å²) in [5.41, 5.74) is 1.02. The van der Waals surface area contributed by atoms with Gasteiger partial charge in [0.1, 0.15) is 11.6 Å². The van der Waals surface area contributed by atoms with Gasteiger partial charge >= 0.3 is 5.97 Å². The van der Waals surface area contributed by atoms with Gasteiger partial charge in [-0.3, -0.25) is 4.79 Å². The van der Waals surface area contributed by atoms with E-state index in [1.807, 2.05) is 6.07 Å². The van der Waals surface area contributed by atoms with Crippen molar-refractivity contribution in [3.63, 3.8) is 0 Å². The van der Waals surface area contributed by atoms with Gasteiger partial charge in [-0.2, -0.15) is 4.39 Å². The van der Waals surface area contributed by atoms with Crippen LogP contribution < -0.4 is 9.47 Å². The van der Waals surface area contributed by atoms with Crippen molar-refractivity contribution in [2.45, 2.75) is 109 Å². The molecule has 0 N–H and O–H groups in total. The summed E-state index contributed by atoms with van der Waals surface area (Å²) in [7, 11) is 0.